The predicted molar refractivity (Wildman–Crippen MR) is 145 cm³/mol. The van der Waals surface area contributed by atoms with Crippen LogP contribution in [0.3, 0.4) is 0 Å². The zero-order valence-corrected chi connectivity index (χ0v) is 24.1. The molecule has 42 heavy (non-hydrogen) atoms. The molecule has 0 aromatic heterocycles. The van der Waals surface area contributed by atoms with Crippen molar-refractivity contribution in [2.45, 2.75) is 25.9 Å². The van der Waals surface area contributed by atoms with Crippen molar-refractivity contribution >= 4 is 43.2 Å². The second kappa shape index (κ2) is 12.4. The maximum absolute atomic E-state index is 13.4. The Morgan fingerprint density at radius 3 is 1.40 bits per heavy atom. The van der Waals surface area contributed by atoms with E-state index >= 15 is 0 Å². The van der Waals surface area contributed by atoms with Crippen molar-refractivity contribution in [3.05, 3.63) is 103 Å². The van der Waals surface area contributed by atoms with Gasteiger partial charge in [-0.2, -0.15) is 4.39 Å². The standard InChI is InChI=1S/C18H15S.C8H10F6O7S2/c1-4-10-16(11-5-1)19(17-12-6-2-7-13-17)18-14-8-3-9-15-18;1-5(2)6(15)20-3-4-21-7(16)8(9,22(17,18)19)23(10,11,12,13)14/h1-15H;1,3-4H2,2H3,(H,17,18,19)/q+1;/p-1. The zero-order valence-electron chi connectivity index (χ0n) is 21.6. The van der Waals surface area contributed by atoms with Crippen molar-refractivity contribution in [2.24, 2.45) is 0 Å². The molecule has 230 valence electrons. The second-order valence-electron chi connectivity index (χ2n) is 8.26. The van der Waals surface area contributed by atoms with Crippen molar-refractivity contribution in [1.29, 1.82) is 0 Å². The summed E-state index contributed by atoms with van der Waals surface area (Å²) in [4.78, 5) is 25.8. The monoisotopic (exact) mass is 658 g/mol. The maximum atomic E-state index is 13.4. The Kier molecular flexibility index (Phi) is 10.3. The normalized spacial score (nSPS) is 14.7. The lowest BCUT2D eigenvalue weighted by Gasteiger charge is -2.48. The summed E-state index contributed by atoms with van der Waals surface area (Å²) in [7, 11) is -19.4. The number of hydrogen-bond donors (Lipinski definition) is 0. The van der Waals surface area contributed by atoms with E-state index in [1.165, 1.54) is 14.7 Å². The molecule has 0 radical (unpaired) electrons. The SMILES string of the molecule is C=C(C)C(=O)OCCOC(=O)C(F)(S(=O)(=O)[O-])S(F)(F)(F)(F)F.c1ccc([S+](c2ccccc2)c2ccccc2)cc1. The van der Waals surface area contributed by atoms with Gasteiger partial charge in [0.25, 0.3) is 0 Å². The lowest BCUT2D eigenvalue weighted by atomic mass is 10.4. The van der Waals surface area contributed by atoms with Crippen molar-refractivity contribution in [2.75, 3.05) is 13.2 Å². The van der Waals surface area contributed by atoms with E-state index in [2.05, 4.69) is 107 Å². The fraction of sp³-hybridized carbons (Fsp3) is 0.154. The van der Waals surface area contributed by atoms with E-state index < -0.39 is 49.8 Å². The first-order valence-electron chi connectivity index (χ1n) is 11.5. The van der Waals surface area contributed by atoms with Crippen molar-refractivity contribution in [3.8, 4) is 0 Å². The molecule has 0 saturated heterocycles. The third-order valence-corrected chi connectivity index (χ3v) is 10.7. The number of halogens is 6. The summed E-state index contributed by atoms with van der Waals surface area (Å²) in [6, 6.07) is 32.2. The van der Waals surface area contributed by atoms with E-state index in [1.54, 1.807) is 0 Å². The van der Waals surface area contributed by atoms with Crippen LogP contribution in [0.15, 0.2) is 118 Å². The minimum atomic E-state index is -11.8. The third-order valence-electron chi connectivity index (χ3n) is 4.90. The van der Waals surface area contributed by atoms with Crippen LogP contribution in [0.4, 0.5) is 23.8 Å². The number of rotatable bonds is 10. The first-order chi connectivity index (χ1) is 19.2. The van der Waals surface area contributed by atoms with Crippen molar-refractivity contribution in [1.82, 2.24) is 0 Å². The fourth-order valence-electron chi connectivity index (χ4n) is 3.01. The Hall–Kier alpha value is -3.47. The summed E-state index contributed by atoms with van der Waals surface area (Å²) < 4.78 is 107. The van der Waals surface area contributed by atoms with Crippen LogP contribution in [0.25, 0.3) is 0 Å². The molecule has 1 unspecified atom stereocenters. The number of hydrogen-bond acceptors (Lipinski definition) is 7. The molecule has 16 heteroatoms. The Morgan fingerprint density at radius 1 is 0.786 bits per heavy atom. The molecule has 0 N–H and O–H groups in total. The third kappa shape index (κ3) is 8.53. The van der Waals surface area contributed by atoms with E-state index in [-0.39, 0.29) is 16.5 Å². The van der Waals surface area contributed by atoms with Gasteiger partial charge >= 0.3 is 26.5 Å². The molecule has 3 rings (SSSR count). The minimum absolute atomic E-state index is 0.0146. The molecule has 0 saturated carbocycles. The predicted octanol–water partition coefficient (Wildman–Crippen LogP) is 6.90. The fourth-order valence-corrected chi connectivity index (χ4v) is 7.29. The van der Waals surface area contributed by atoms with Crippen LogP contribution >= 0.6 is 10.2 Å². The van der Waals surface area contributed by atoms with Gasteiger partial charge in [-0.15, -0.1) is 0 Å². The summed E-state index contributed by atoms with van der Waals surface area (Å²) in [6.45, 7) is 1.78. The topological polar surface area (TPSA) is 110 Å². The van der Waals surface area contributed by atoms with E-state index in [9.17, 15) is 46.4 Å². The molecular formula is C26H24F6O7S3. The van der Waals surface area contributed by atoms with Crippen LogP contribution in [0.1, 0.15) is 6.92 Å². The lowest BCUT2D eigenvalue weighted by Crippen LogP contribution is -2.52. The first-order valence-corrected chi connectivity index (χ1v) is 16.0. The molecule has 0 aliphatic heterocycles. The van der Waals surface area contributed by atoms with Crippen LogP contribution in [0.5, 0.6) is 0 Å². The molecule has 0 heterocycles. The number of carbonyl (C=O) groups excluding carboxylic acids is 2. The Labute approximate surface area is 241 Å². The van der Waals surface area contributed by atoms with Crippen molar-refractivity contribution < 1.29 is 55.9 Å². The van der Waals surface area contributed by atoms with Crippen LogP contribution in [0.2, 0.25) is 0 Å². The van der Waals surface area contributed by atoms with Gasteiger partial charge in [0.15, 0.2) is 24.8 Å². The highest BCUT2D eigenvalue weighted by atomic mass is 32.5. The smallest absolute Gasteiger partial charge is 0.427 e. The number of benzene rings is 3. The van der Waals surface area contributed by atoms with E-state index in [0.717, 1.165) is 6.92 Å². The van der Waals surface area contributed by atoms with Gasteiger partial charge in [0.05, 0.1) is 10.9 Å². The summed E-state index contributed by atoms with van der Waals surface area (Å²) >= 11 is 0. The molecule has 3 aromatic carbocycles. The molecule has 3 aromatic rings. The van der Waals surface area contributed by atoms with E-state index in [0.29, 0.717) is 0 Å². The molecular weight excluding hydrogens is 634 g/mol. The molecule has 7 nitrogen and oxygen atoms in total. The summed E-state index contributed by atoms with van der Waals surface area (Å²) in [5, 5.41) is 0. The number of esters is 2. The van der Waals surface area contributed by atoms with Gasteiger partial charge in [-0.1, -0.05) is 80.6 Å². The molecule has 0 fully saturated rings. The molecule has 0 aliphatic rings. The van der Waals surface area contributed by atoms with Gasteiger partial charge in [-0.25, -0.2) is 18.0 Å². The quantitative estimate of drug-likeness (QED) is 0.0582. The number of alkyl halides is 1. The average Bonchev–Trinajstić information content (AvgIpc) is 2.90. The van der Waals surface area contributed by atoms with Crippen LogP contribution in [-0.4, -0.2) is 42.5 Å². The van der Waals surface area contributed by atoms with Gasteiger partial charge < -0.3 is 14.0 Å². The van der Waals surface area contributed by atoms with Crippen LogP contribution in [0, 0.1) is 0 Å². The van der Waals surface area contributed by atoms with E-state index in [4.69, 9.17) is 0 Å². The number of carbonyl (C=O) groups is 2. The van der Waals surface area contributed by atoms with Gasteiger partial charge in [0.2, 0.25) is 0 Å². The van der Waals surface area contributed by atoms with Gasteiger partial charge in [-0.05, 0) is 43.3 Å². The van der Waals surface area contributed by atoms with Crippen LogP contribution < -0.4 is 0 Å². The molecule has 0 spiro atoms. The Bertz CT molecular complexity index is 1410. The highest BCUT2D eigenvalue weighted by molar-refractivity contribution is 8.51. The zero-order chi connectivity index (χ0) is 31.9. The van der Waals surface area contributed by atoms with Gasteiger partial charge in [0, 0.05) is 5.57 Å². The van der Waals surface area contributed by atoms with Gasteiger partial charge in [0.1, 0.15) is 13.2 Å². The summed E-state index contributed by atoms with van der Waals surface area (Å²) in [5.41, 5.74) is -0.190. The largest absolute Gasteiger partial charge is 0.744 e. The molecule has 0 aliphatic carbocycles. The highest BCUT2D eigenvalue weighted by Crippen LogP contribution is 3.04. The summed E-state index contributed by atoms with van der Waals surface area (Å²) in [6.07, 6.45) is 0. The van der Waals surface area contributed by atoms with Crippen LogP contribution in [-0.2, 0) is 40.1 Å². The Morgan fingerprint density at radius 2 is 1.12 bits per heavy atom. The number of ether oxygens (including phenoxy) is 2. The molecule has 0 bridgehead atoms. The average molecular weight is 659 g/mol. The van der Waals surface area contributed by atoms with Crippen molar-refractivity contribution in [3.63, 3.8) is 0 Å². The maximum Gasteiger partial charge on any atom is 0.427 e. The second-order valence-corrected chi connectivity index (χ2v) is 14.5. The molecule has 0 amide bonds. The summed E-state index contributed by atoms with van der Waals surface area (Å²) in [5.74, 6) is -4.80. The highest BCUT2D eigenvalue weighted by Gasteiger charge is 2.89. The van der Waals surface area contributed by atoms with E-state index in [1.807, 2.05) is 0 Å². The first kappa shape index (κ1) is 34.7. The van der Waals surface area contributed by atoms with Gasteiger partial charge in [-0.3, -0.25) is 0 Å². The molecule has 1 atom stereocenters. The Balaban J connectivity index is 0.000000297. The minimum Gasteiger partial charge on any atom is -0.744 e. The lowest BCUT2D eigenvalue weighted by molar-refractivity contribution is -0.154.